The normalized spacial score (nSPS) is 21.5. The van der Waals surface area contributed by atoms with E-state index in [1.807, 2.05) is 30.3 Å². The van der Waals surface area contributed by atoms with E-state index < -0.39 is 30.1 Å². The van der Waals surface area contributed by atoms with Crippen LogP contribution < -0.4 is 5.48 Å². The average molecular weight is 346 g/mol. The van der Waals surface area contributed by atoms with Gasteiger partial charge in [0.15, 0.2) is 0 Å². The molecule has 24 heavy (non-hydrogen) atoms. The summed E-state index contributed by atoms with van der Waals surface area (Å²) in [6.07, 6.45) is -4.91. The molecule has 0 saturated carbocycles. The van der Waals surface area contributed by atoms with E-state index in [1.165, 1.54) is 0 Å². The Labute approximate surface area is 136 Å². The summed E-state index contributed by atoms with van der Waals surface area (Å²) in [6.45, 7) is -0.184. The first kappa shape index (κ1) is 18.2. The molecule has 1 aliphatic rings. The van der Waals surface area contributed by atoms with Crippen LogP contribution in [-0.4, -0.2) is 46.7 Å². The number of hydrogen-bond acceptors (Lipinski definition) is 4. The molecule has 1 aliphatic heterocycles. The largest absolute Gasteiger partial charge is 0.480 e. The van der Waals surface area contributed by atoms with E-state index >= 15 is 0 Å². The van der Waals surface area contributed by atoms with E-state index in [2.05, 4.69) is 5.48 Å². The Morgan fingerprint density at radius 3 is 2.50 bits per heavy atom. The fraction of sp³-hybridized carbons (Fsp3) is 0.467. The molecule has 1 fully saturated rings. The van der Waals surface area contributed by atoms with Gasteiger partial charge in [-0.05, 0) is 18.4 Å². The lowest BCUT2D eigenvalue weighted by Gasteiger charge is -2.37. The van der Waals surface area contributed by atoms with Gasteiger partial charge in [0.2, 0.25) is 0 Å². The van der Waals surface area contributed by atoms with E-state index in [0.29, 0.717) is 4.90 Å². The highest BCUT2D eigenvalue weighted by molar-refractivity contribution is 5.87. The van der Waals surface area contributed by atoms with Gasteiger partial charge in [0.1, 0.15) is 6.04 Å². The molecule has 2 atom stereocenters. The zero-order valence-corrected chi connectivity index (χ0v) is 12.6. The second-order valence-electron chi connectivity index (χ2n) is 5.48. The number of carbonyl (C=O) groups excluding carboxylic acids is 1. The van der Waals surface area contributed by atoms with E-state index in [0.717, 1.165) is 5.56 Å². The Kier molecular flexibility index (Phi) is 5.79. The molecular weight excluding hydrogens is 329 g/mol. The van der Waals surface area contributed by atoms with Crippen LogP contribution in [0.5, 0.6) is 0 Å². The maximum absolute atomic E-state index is 12.6. The lowest BCUT2D eigenvalue weighted by Crippen LogP contribution is -2.58. The van der Waals surface area contributed by atoms with E-state index in [1.54, 1.807) is 0 Å². The van der Waals surface area contributed by atoms with Crippen molar-refractivity contribution in [2.45, 2.75) is 37.7 Å². The molecule has 1 aromatic carbocycles. The summed E-state index contributed by atoms with van der Waals surface area (Å²) in [5.41, 5.74) is 3.48. The van der Waals surface area contributed by atoms with Crippen LogP contribution in [0, 0.1) is 0 Å². The summed E-state index contributed by atoms with van der Waals surface area (Å²) < 4.78 is 37.9. The highest BCUT2D eigenvalue weighted by Crippen LogP contribution is 2.25. The van der Waals surface area contributed by atoms with Crippen LogP contribution in [0.1, 0.15) is 18.4 Å². The summed E-state index contributed by atoms with van der Waals surface area (Å²) in [7, 11) is 0. The molecule has 1 amide bonds. The molecule has 0 radical (unpaired) electrons. The van der Waals surface area contributed by atoms with Crippen LogP contribution in [0.3, 0.4) is 0 Å². The maximum Gasteiger partial charge on any atom is 0.471 e. The molecule has 132 valence electrons. The zero-order chi connectivity index (χ0) is 17.7. The van der Waals surface area contributed by atoms with Gasteiger partial charge in [-0.25, -0.2) is 4.79 Å². The number of carbonyl (C=O) groups is 2. The number of likely N-dealkylation sites (tertiary alicyclic amines) is 1. The second kappa shape index (κ2) is 7.63. The Hall–Kier alpha value is -2.13. The molecule has 1 saturated heterocycles. The molecule has 0 aromatic heterocycles. The number of hydrogen-bond donors (Lipinski definition) is 2. The van der Waals surface area contributed by atoms with Gasteiger partial charge in [0, 0.05) is 12.6 Å². The van der Waals surface area contributed by atoms with Gasteiger partial charge < -0.3 is 10.0 Å². The maximum atomic E-state index is 12.6. The first-order valence-electron chi connectivity index (χ1n) is 7.31. The van der Waals surface area contributed by atoms with Crippen LogP contribution >= 0.6 is 0 Å². The molecule has 1 aromatic rings. The van der Waals surface area contributed by atoms with Crippen molar-refractivity contribution in [3.63, 3.8) is 0 Å². The van der Waals surface area contributed by atoms with Crippen LogP contribution in [0.2, 0.25) is 0 Å². The lowest BCUT2D eigenvalue weighted by atomic mass is 9.98. The number of nitrogens with zero attached hydrogens (tertiary/aromatic N) is 1. The van der Waals surface area contributed by atoms with Crippen molar-refractivity contribution >= 4 is 11.9 Å². The minimum absolute atomic E-state index is 0.0798. The summed E-state index contributed by atoms with van der Waals surface area (Å²) in [4.78, 5) is 28.1. The minimum Gasteiger partial charge on any atom is -0.480 e. The predicted molar refractivity (Wildman–Crippen MR) is 76.6 cm³/mol. The Bertz CT molecular complexity index is 580. The summed E-state index contributed by atoms with van der Waals surface area (Å²) in [6, 6.07) is 7.07. The van der Waals surface area contributed by atoms with Crippen molar-refractivity contribution in [1.82, 2.24) is 10.4 Å². The Morgan fingerprint density at radius 2 is 1.92 bits per heavy atom. The minimum atomic E-state index is -5.11. The molecule has 2 N–H and O–H groups in total. The third-order valence-corrected chi connectivity index (χ3v) is 3.70. The topological polar surface area (TPSA) is 78.9 Å². The van der Waals surface area contributed by atoms with Crippen molar-refractivity contribution in [2.24, 2.45) is 0 Å². The van der Waals surface area contributed by atoms with Crippen molar-refractivity contribution in [3.05, 3.63) is 35.9 Å². The van der Waals surface area contributed by atoms with Crippen LogP contribution in [-0.2, 0) is 21.0 Å². The van der Waals surface area contributed by atoms with Crippen molar-refractivity contribution < 1.29 is 32.7 Å². The van der Waals surface area contributed by atoms with Gasteiger partial charge in [-0.3, -0.25) is 9.63 Å². The van der Waals surface area contributed by atoms with E-state index in [4.69, 9.17) is 9.94 Å². The average Bonchev–Trinajstić information content (AvgIpc) is 2.54. The molecule has 0 bridgehead atoms. The third kappa shape index (κ3) is 4.68. The fourth-order valence-electron chi connectivity index (χ4n) is 2.53. The molecular formula is C15H17F3N2O4. The number of nitrogens with one attached hydrogen (secondary N) is 1. The van der Waals surface area contributed by atoms with Gasteiger partial charge in [0.05, 0.1) is 6.61 Å². The number of alkyl halides is 3. The van der Waals surface area contributed by atoms with Crippen molar-refractivity contribution in [3.8, 4) is 0 Å². The zero-order valence-electron chi connectivity index (χ0n) is 12.6. The third-order valence-electron chi connectivity index (χ3n) is 3.70. The van der Waals surface area contributed by atoms with Gasteiger partial charge in [-0.1, -0.05) is 30.3 Å². The molecule has 6 nitrogen and oxygen atoms in total. The molecule has 2 unspecified atom stereocenters. The highest BCUT2D eigenvalue weighted by Gasteiger charge is 2.48. The number of halogens is 3. The van der Waals surface area contributed by atoms with Gasteiger partial charge in [0.25, 0.3) is 0 Å². The van der Waals surface area contributed by atoms with Crippen molar-refractivity contribution in [1.29, 1.82) is 0 Å². The quantitative estimate of drug-likeness (QED) is 0.794. The number of piperidine rings is 1. The van der Waals surface area contributed by atoms with Gasteiger partial charge >= 0.3 is 18.1 Å². The lowest BCUT2D eigenvalue weighted by molar-refractivity contribution is -0.192. The number of amides is 1. The predicted octanol–water partition coefficient (Wildman–Crippen LogP) is 1.71. The number of benzene rings is 1. The number of carboxylic acids is 1. The highest BCUT2D eigenvalue weighted by atomic mass is 19.4. The fourth-order valence-corrected chi connectivity index (χ4v) is 2.53. The SMILES string of the molecule is O=C(O)C1CCC(NOCc2ccccc2)CN1C(=O)C(F)(F)F. The van der Waals surface area contributed by atoms with Crippen LogP contribution in [0.25, 0.3) is 0 Å². The molecule has 1 heterocycles. The van der Waals surface area contributed by atoms with Gasteiger partial charge in [-0.2, -0.15) is 18.7 Å². The van der Waals surface area contributed by atoms with Gasteiger partial charge in [-0.15, -0.1) is 0 Å². The number of hydroxylamine groups is 1. The van der Waals surface area contributed by atoms with Crippen molar-refractivity contribution in [2.75, 3.05) is 6.54 Å². The number of aliphatic carboxylic acids is 1. The first-order chi connectivity index (χ1) is 11.3. The molecule has 2 rings (SSSR count). The molecule has 0 spiro atoms. The second-order valence-corrected chi connectivity index (χ2v) is 5.48. The monoisotopic (exact) mass is 346 g/mol. The van der Waals surface area contributed by atoms with E-state index in [9.17, 15) is 22.8 Å². The smallest absolute Gasteiger partial charge is 0.471 e. The number of rotatable bonds is 5. The number of carboxylic acid groups (broad SMARTS) is 1. The summed E-state index contributed by atoms with van der Waals surface area (Å²) in [5.74, 6) is -3.60. The van der Waals surface area contributed by atoms with E-state index in [-0.39, 0.29) is 26.0 Å². The Balaban J connectivity index is 1.94. The molecule has 9 heteroatoms. The first-order valence-corrected chi connectivity index (χ1v) is 7.31. The summed E-state index contributed by atoms with van der Waals surface area (Å²) >= 11 is 0. The Morgan fingerprint density at radius 1 is 1.25 bits per heavy atom. The van der Waals surface area contributed by atoms with Crippen LogP contribution in [0.4, 0.5) is 13.2 Å². The molecule has 0 aliphatic carbocycles. The van der Waals surface area contributed by atoms with Crippen LogP contribution in [0.15, 0.2) is 30.3 Å². The summed E-state index contributed by atoms with van der Waals surface area (Å²) in [5, 5.41) is 9.02. The standard InChI is InChI=1S/C15H17F3N2O4/c16-15(17,18)14(23)20-8-11(6-7-12(20)13(21)22)19-24-9-10-4-2-1-3-5-10/h1-5,11-12,19H,6-9H2,(H,21,22).